The third kappa shape index (κ3) is 14.8. The van der Waals surface area contributed by atoms with Gasteiger partial charge in [0.25, 0.3) is 0 Å². The third-order valence-corrected chi connectivity index (χ3v) is 11.1. The van der Waals surface area contributed by atoms with E-state index in [2.05, 4.69) is 47.9 Å². The first kappa shape index (κ1) is 47.0. The van der Waals surface area contributed by atoms with E-state index in [4.69, 9.17) is 5.73 Å². The molecule has 12 nitrogen and oxygen atoms in total. The number of hydrogen-bond donors (Lipinski definition) is 4. The Bertz CT molecular complexity index is 1880. The van der Waals surface area contributed by atoms with E-state index < -0.39 is 52.8 Å². The SMILES string of the molecule is CNC.N/C=C(\C=NCC(F)(F)F)c1nc(NC2CCN(S(=O)c3cccc(CN4CCC(c5ccc(NC(C=O)CCC=O)cc5)CC4)c3)CC2)ncc1C(F)(F)F. The van der Waals surface area contributed by atoms with E-state index in [9.17, 15) is 40.1 Å². The summed E-state index contributed by atoms with van der Waals surface area (Å²) < 4.78 is 94.4. The number of aliphatic imine (C=N–C) groups is 1. The summed E-state index contributed by atoms with van der Waals surface area (Å²) in [5.74, 6) is 0.253. The molecule has 0 spiro atoms. The fraction of sp³-hybridized carbons (Fsp3) is 0.475. The number of nitrogens with zero attached hydrogens (tertiary/aromatic N) is 5. The summed E-state index contributed by atoms with van der Waals surface area (Å²) in [5.41, 5.74) is 6.17. The van der Waals surface area contributed by atoms with Gasteiger partial charge >= 0.3 is 12.4 Å². The van der Waals surface area contributed by atoms with Gasteiger partial charge in [0.2, 0.25) is 5.95 Å². The quantitative estimate of drug-likeness (QED) is 0.0744. The van der Waals surface area contributed by atoms with Crippen molar-refractivity contribution in [2.75, 3.05) is 57.5 Å². The summed E-state index contributed by atoms with van der Waals surface area (Å²) in [5, 5.41) is 8.92. The normalized spacial score (nSPS) is 17.5. The highest BCUT2D eigenvalue weighted by molar-refractivity contribution is 7.82. The topological polar surface area (TPSA) is 158 Å². The van der Waals surface area contributed by atoms with Gasteiger partial charge in [-0.3, -0.25) is 9.89 Å². The van der Waals surface area contributed by atoms with Crippen molar-refractivity contribution in [2.45, 2.75) is 80.3 Å². The van der Waals surface area contributed by atoms with Crippen LogP contribution in [0.5, 0.6) is 0 Å². The number of carbonyl (C=O) groups excluding carboxylic acids is 2. The highest BCUT2D eigenvalue weighted by atomic mass is 32.2. The van der Waals surface area contributed by atoms with E-state index in [0.717, 1.165) is 49.8 Å². The molecule has 19 heteroatoms. The number of aromatic nitrogens is 2. The minimum atomic E-state index is -4.90. The number of piperidine rings is 2. The molecule has 3 aromatic rings. The number of alkyl halides is 6. The van der Waals surface area contributed by atoms with E-state index in [-0.39, 0.29) is 12.0 Å². The number of benzene rings is 2. The van der Waals surface area contributed by atoms with Crippen LogP contribution in [0.25, 0.3) is 5.57 Å². The molecule has 2 aliphatic rings. The second kappa shape index (κ2) is 22.6. The zero-order valence-corrected chi connectivity index (χ0v) is 33.8. The van der Waals surface area contributed by atoms with Crippen LogP contribution in [-0.2, 0) is 33.3 Å². The molecule has 0 saturated carbocycles. The van der Waals surface area contributed by atoms with Crippen LogP contribution in [-0.4, -0.2) is 107 Å². The number of hydrogen-bond acceptors (Lipinski definition) is 11. The Morgan fingerprint density at radius 1 is 1.00 bits per heavy atom. The van der Waals surface area contributed by atoms with Crippen molar-refractivity contribution in [2.24, 2.45) is 10.7 Å². The number of anilines is 2. The molecular weight excluding hydrogens is 801 g/mol. The zero-order valence-electron chi connectivity index (χ0n) is 32.9. The average molecular weight is 852 g/mol. The summed E-state index contributed by atoms with van der Waals surface area (Å²) in [4.78, 5) is 36.0. The fourth-order valence-corrected chi connectivity index (χ4v) is 8.02. The number of carbonyl (C=O) groups is 2. The number of nitrogens with two attached hydrogens (primary N) is 1. The van der Waals surface area contributed by atoms with Gasteiger partial charge in [-0.1, -0.05) is 24.3 Å². The standard InChI is InChI=1S/C38H44F6N8O3S.C2H7N/c39-37(40,41)25-46-21-29(20-45)35-34(38(42,43)44)22-47-36(50-35)49-31-12-16-52(17-13-31)56(55)33-5-1-3-26(19-33)23-51-14-10-28(11-15-51)27-6-8-30(9-7-27)48-32(24-54)4-2-18-53;1-3-2/h1,3,5-9,18-22,24,28,31-32,48H,2,4,10-17,23,25,45H2,(H,47,49,50);3H,1-2H3/b29-20+,46-21?;. The number of aldehydes is 2. The van der Waals surface area contributed by atoms with Gasteiger partial charge in [0, 0.05) is 62.0 Å². The Kier molecular flexibility index (Phi) is 18.0. The van der Waals surface area contributed by atoms with Crippen LogP contribution in [0.15, 0.2) is 70.8 Å². The van der Waals surface area contributed by atoms with Gasteiger partial charge < -0.3 is 31.3 Å². The molecule has 2 saturated heterocycles. The predicted molar refractivity (Wildman–Crippen MR) is 217 cm³/mol. The summed E-state index contributed by atoms with van der Waals surface area (Å²) in [6.45, 7) is 1.75. The predicted octanol–water partition coefficient (Wildman–Crippen LogP) is 6.20. The molecule has 1 aromatic heterocycles. The Morgan fingerprint density at radius 2 is 1.68 bits per heavy atom. The molecule has 2 aromatic carbocycles. The van der Waals surface area contributed by atoms with Gasteiger partial charge in [0.1, 0.15) is 35.7 Å². The van der Waals surface area contributed by atoms with E-state index in [1.165, 1.54) is 5.56 Å². The van der Waals surface area contributed by atoms with Gasteiger partial charge in [-0.05, 0) is 101 Å². The second-order valence-electron chi connectivity index (χ2n) is 14.2. The lowest BCUT2D eigenvalue weighted by Crippen LogP contribution is -2.40. The first-order chi connectivity index (χ1) is 28.2. The van der Waals surface area contributed by atoms with E-state index in [1.807, 2.05) is 54.8 Å². The Hall–Kier alpha value is -4.72. The maximum Gasteiger partial charge on any atom is 0.419 e. The van der Waals surface area contributed by atoms with Crippen LogP contribution in [0, 0.1) is 0 Å². The molecule has 2 fully saturated rings. The Morgan fingerprint density at radius 3 is 2.27 bits per heavy atom. The molecule has 2 atom stereocenters. The van der Waals surface area contributed by atoms with Crippen LogP contribution in [0.2, 0.25) is 0 Å². The number of allylic oxidation sites excluding steroid dienone is 1. The van der Waals surface area contributed by atoms with Crippen molar-refractivity contribution in [3.63, 3.8) is 0 Å². The van der Waals surface area contributed by atoms with Gasteiger partial charge in [-0.25, -0.2) is 18.5 Å². The van der Waals surface area contributed by atoms with Crippen molar-refractivity contribution >= 4 is 47.0 Å². The minimum absolute atomic E-state index is 0.157. The number of nitrogens with one attached hydrogen (secondary N) is 3. The van der Waals surface area contributed by atoms with E-state index >= 15 is 0 Å². The second-order valence-corrected chi connectivity index (χ2v) is 15.7. The van der Waals surface area contributed by atoms with Gasteiger partial charge in [-0.2, -0.15) is 26.3 Å². The maximum atomic E-state index is 13.7. The molecule has 322 valence electrons. The summed E-state index contributed by atoms with van der Waals surface area (Å²) in [6, 6.07) is 15.1. The van der Waals surface area contributed by atoms with Crippen LogP contribution in [0.3, 0.4) is 0 Å². The van der Waals surface area contributed by atoms with E-state index in [0.29, 0.717) is 74.7 Å². The van der Waals surface area contributed by atoms with Crippen molar-refractivity contribution in [1.82, 2.24) is 24.5 Å². The molecule has 0 aliphatic carbocycles. The minimum Gasteiger partial charge on any atom is -0.404 e. The van der Waals surface area contributed by atoms with Gasteiger partial charge in [-0.15, -0.1) is 0 Å². The number of likely N-dealkylation sites (tertiary alicyclic amines) is 1. The zero-order chi connectivity index (χ0) is 43.0. The molecule has 0 radical (unpaired) electrons. The highest BCUT2D eigenvalue weighted by Crippen LogP contribution is 2.34. The lowest BCUT2D eigenvalue weighted by atomic mass is 9.89. The molecule has 2 unspecified atom stereocenters. The lowest BCUT2D eigenvalue weighted by molar-refractivity contribution is -0.138. The number of halogens is 6. The largest absolute Gasteiger partial charge is 0.419 e. The first-order valence-electron chi connectivity index (χ1n) is 19.2. The monoisotopic (exact) mass is 851 g/mol. The molecule has 3 heterocycles. The van der Waals surface area contributed by atoms with Crippen LogP contribution in [0.1, 0.15) is 66.8 Å². The van der Waals surface area contributed by atoms with Crippen molar-refractivity contribution in [1.29, 1.82) is 0 Å². The Balaban J connectivity index is 0.00000248. The number of rotatable bonds is 16. The van der Waals surface area contributed by atoms with Crippen molar-refractivity contribution in [3.05, 3.63) is 83.3 Å². The summed E-state index contributed by atoms with van der Waals surface area (Å²) in [7, 11) is 2.30. The van der Waals surface area contributed by atoms with Crippen molar-refractivity contribution < 1.29 is 40.1 Å². The third-order valence-electron chi connectivity index (χ3n) is 9.66. The summed E-state index contributed by atoms with van der Waals surface area (Å²) >= 11 is 0. The van der Waals surface area contributed by atoms with Crippen LogP contribution < -0.4 is 21.7 Å². The Labute approximate surface area is 342 Å². The highest BCUT2D eigenvalue weighted by Gasteiger charge is 2.36. The molecular formula is C40H51F6N9O3S. The fourth-order valence-electron chi connectivity index (χ4n) is 6.73. The first-order valence-corrected chi connectivity index (χ1v) is 20.3. The molecule has 0 bridgehead atoms. The molecule has 5 N–H and O–H groups in total. The molecule has 2 aliphatic heterocycles. The van der Waals surface area contributed by atoms with Gasteiger partial charge in [0.15, 0.2) is 0 Å². The molecule has 59 heavy (non-hydrogen) atoms. The van der Waals surface area contributed by atoms with Crippen LogP contribution in [0.4, 0.5) is 38.0 Å². The maximum absolute atomic E-state index is 13.7. The van der Waals surface area contributed by atoms with Gasteiger partial charge in [0.05, 0.1) is 16.6 Å². The smallest absolute Gasteiger partial charge is 0.404 e. The van der Waals surface area contributed by atoms with E-state index in [1.54, 1.807) is 0 Å². The average Bonchev–Trinajstić information content (AvgIpc) is 3.21. The van der Waals surface area contributed by atoms with Crippen LogP contribution >= 0.6 is 0 Å². The lowest BCUT2D eigenvalue weighted by Gasteiger charge is -2.33. The molecule has 0 amide bonds. The van der Waals surface area contributed by atoms with Crippen molar-refractivity contribution in [3.8, 4) is 0 Å². The summed E-state index contributed by atoms with van der Waals surface area (Å²) in [6.07, 6.45) is -2.36. The molecule has 5 rings (SSSR count).